The molecule has 4 rings (SSSR count). The average molecular weight is 465 g/mol. The van der Waals surface area contributed by atoms with Crippen LogP contribution in [0.25, 0.3) is 11.3 Å². The first-order valence-electron chi connectivity index (χ1n) is 11.0. The molecular formula is C27H24N6O2. The predicted octanol–water partition coefficient (Wildman–Crippen LogP) is 5.36. The number of rotatable bonds is 7. The van der Waals surface area contributed by atoms with Crippen molar-refractivity contribution in [1.29, 1.82) is 0 Å². The molecule has 0 spiro atoms. The summed E-state index contributed by atoms with van der Waals surface area (Å²) in [5.41, 5.74) is 5.09. The van der Waals surface area contributed by atoms with E-state index in [4.69, 9.17) is 0 Å². The topological polar surface area (TPSA) is 109 Å². The Bertz CT molecular complexity index is 1370. The molecule has 2 amide bonds. The van der Waals surface area contributed by atoms with E-state index in [0.717, 1.165) is 22.5 Å². The molecule has 0 bridgehead atoms. The van der Waals surface area contributed by atoms with E-state index in [0.29, 0.717) is 22.9 Å². The summed E-state index contributed by atoms with van der Waals surface area (Å²) in [4.78, 5) is 37.4. The minimum atomic E-state index is -0.263. The lowest BCUT2D eigenvalue weighted by molar-refractivity contribution is -0.111. The second-order valence-corrected chi connectivity index (χ2v) is 7.68. The van der Waals surface area contributed by atoms with Gasteiger partial charge in [-0.3, -0.25) is 14.6 Å². The van der Waals surface area contributed by atoms with E-state index in [1.807, 2.05) is 43.3 Å². The first kappa shape index (κ1) is 23.3. The maximum atomic E-state index is 12.7. The number of amides is 2. The van der Waals surface area contributed by atoms with Crippen molar-refractivity contribution < 1.29 is 9.59 Å². The summed E-state index contributed by atoms with van der Waals surface area (Å²) in [5.74, 6) is -0.0474. The summed E-state index contributed by atoms with van der Waals surface area (Å²) in [6, 6.07) is 17.9. The van der Waals surface area contributed by atoms with E-state index in [1.54, 1.807) is 55.9 Å². The number of aryl methyl sites for hydroxylation is 1. The van der Waals surface area contributed by atoms with Crippen LogP contribution < -0.4 is 16.0 Å². The van der Waals surface area contributed by atoms with Crippen molar-refractivity contribution in [1.82, 2.24) is 15.0 Å². The minimum Gasteiger partial charge on any atom is -0.324 e. The third kappa shape index (κ3) is 6.14. The normalized spacial score (nSPS) is 10.7. The zero-order chi connectivity index (χ0) is 24.6. The molecule has 2 heterocycles. The number of anilines is 4. The summed E-state index contributed by atoms with van der Waals surface area (Å²) in [5, 5.41) is 8.86. The lowest BCUT2D eigenvalue weighted by Gasteiger charge is -2.12. The molecular weight excluding hydrogens is 440 g/mol. The molecule has 2 aromatic heterocycles. The van der Waals surface area contributed by atoms with Gasteiger partial charge in [0.25, 0.3) is 5.91 Å². The lowest BCUT2D eigenvalue weighted by atomic mass is 10.1. The molecule has 0 aliphatic rings. The van der Waals surface area contributed by atoms with Crippen molar-refractivity contribution in [3.8, 4) is 11.3 Å². The van der Waals surface area contributed by atoms with Gasteiger partial charge in [0.1, 0.15) is 0 Å². The molecule has 0 unspecified atom stereocenters. The number of hydrogen-bond donors (Lipinski definition) is 3. The Kier molecular flexibility index (Phi) is 7.22. The third-order valence-corrected chi connectivity index (χ3v) is 5.09. The van der Waals surface area contributed by atoms with Gasteiger partial charge in [-0.1, -0.05) is 12.1 Å². The molecule has 3 N–H and O–H groups in total. The molecule has 8 nitrogen and oxygen atoms in total. The van der Waals surface area contributed by atoms with Gasteiger partial charge in [-0.25, -0.2) is 9.97 Å². The molecule has 174 valence electrons. The van der Waals surface area contributed by atoms with Crippen LogP contribution in [0, 0.1) is 6.92 Å². The van der Waals surface area contributed by atoms with E-state index >= 15 is 0 Å². The second kappa shape index (κ2) is 10.8. The molecule has 0 aliphatic heterocycles. The van der Waals surface area contributed by atoms with Crippen LogP contribution in [0.2, 0.25) is 0 Å². The number of hydrogen-bond acceptors (Lipinski definition) is 6. The van der Waals surface area contributed by atoms with Crippen LogP contribution in [0.4, 0.5) is 23.0 Å². The van der Waals surface area contributed by atoms with Gasteiger partial charge in [-0.15, -0.1) is 0 Å². The van der Waals surface area contributed by atoms with Crippen LogP contribution in [-0.2, 0) is 4.79 Å². The van der Waals surface area contributed by atoms with Gasteiger partial charge in [0.05, 0.1) is 5.69 Å². The molecule has 35 heavy (non-hydrogen) atoms. The van der Waals surface area contributed by atoms with Crippen molar-refractivity contribution in [2.24, 2.45) is 0 Å². The molecule has 2 aromatic carbocycles. The predicted molar refractivity (Wildman–Crippen MR) is 138 cm³/mol. The van der Waals surface area contributed by atoms with Crippen LogP contribution in [0.1, 0.15) is 22.8 Å². The average Bonchev–Trinajstić information content (AvgIpc) is 2.87. The molecule has 4 aromatic rings. The Balaban J connectivity index is 1.46. The first-order valence-corrected chi connectivity index (χ1v) is 11.0. The van der Waals surface area contributed by atoms with Crippen LogP contribution in [-0.4, -0.2) is 26.8 Å². The van der Waals surface area contributed by atoms with Crippen LogP contribution in [0.5, 0.6) is 0 Å². The van der Waals surface area contributed by atoms with Crippen molar-refractivity contribution in [3.05, 3.63) is 103 Å². The van der Waals surface area contributed by atoms with E-state index < -0.39 is 0 Å². The van der Waals surface area contributed by atoms with E-state index in [9.17, 15) is 9.59 Å². The van der Waals surface area contributed by atoms with Crippen LogP contribution >= 0.6 is 0 Å². The zero-order valence-electron chi connectivity index (χ0n) is 19.3. The summed E-state index contributed by atoms with van der Waals surface area (Å²) in [6.45, 7) is 3.73. The number of nitrogens with one attached hydrogen (secondary N) is 3. The maximum absolute atomic E-state index is 12.7. The SMILES string of the molecule is CC=CC(=O)Nc1ccc(C(=O)Nc2ccc(C)c(Nc3nccc(-c4cccnc4)n3)c2)cc1. The number of nitrogens with zero attached hydrogens (tertiary/aromatic N) is 3. The number of aromatic nitrogens is 3. The Morgan fingerprint density at radius 3 is 2.46 bits per heavy atom. The van der Waals surface area contributed by atoms with Crippen molar-refractivity contribution in [3.63, 3.8) is 0 Å². The summed E-state index contributed by atoms with van der Waals surface area (Å²) in [6.07, 6.45) is 8.24. The highest BCUT2D eigenvalue weighted by Gasteiger charge is 2.10. The number of allylic oxidation sites excluding steroid dienone is 1. The summed E-state index contributed by atoms with van der Waals surface area (Å²) in [7, 11) is 0. The lowest BCUT2D eigenvalue weighted by Crippen LogP contribution is -2.13. The fraction of sp³-hybridized carbons (Fsp3) is 0.0741. The molecule has 0 saturated carbocycles. The Hall–Kier alpha value is -4.85. The molecule has 0 radical (unpaired) electrons. The Morgan fingerprint density at radius 1 is 0.914 bits per heavy atom. The highest BCUT2D eigenvalue weighted by Crippen LogP contribution is 2.24. The number of pyridine rings is 1. The fourth-order valence-corrected chi connectivity index (χ4v) is 3.29. The van der Waals surface area contributed by atoms with Gasteiger partial charge in [-0.2, -0.15) is 0 Å². The van der Waals surface area contributed by atoms with Gasteiger partial charge in [0.15, 0.2) is 0 Å². The van der Waals surface area contributed by atoms with Gasteiger partial charge >= 0.3 is 0 Å². The van der Waals surface area contributed by atoms with Crippen molar-refractivity contribution >= 4 is 34.8 Å². The monoisotopic (exact) mass is 464 g/mol. The molecule has 0 atom stereocenters. The highest BCUT2D eigenvalue weighted by atomic mass is 16.2. The van der Waals surface area contributed by atoms with E-state index in [1.165, 1.54) is 6.08 Å². The highest BCUT2D eigenvalue weighted by molar-refractivity contribution is 6.05. The smallest absolute Gasteiger partial charge is 0.255 e. The number of carbonyl (C=O) groups is 2. The van der Waals surface area contributed by atoms with E-state index in [2.05, 4.69) is 30.9 Å². The zero-order valence-corrected chi connectivity index (χ0v) is 19.3. The summed E-state index contributed by atoms with van der Waals surface area (Å²) >= 11 is 0. The van der Waals surface area contributed by atoms with Gasteiger partial charge < -0.3 is 16.0 Å². The number of carbonyl (C=O) groups excluding carboxylic acids is 2. The maximum Gasteiger partial charge on any atom is 0.255 e. The van der Waals surface area contributed by atoms with Crippen molar-refractivity contribution in [2.45, 2.75) is 13.8 Å². The van der Waals surface area contributed by atoms with Gasteiger partial charge in [0.2, 0.25) is 11.9 Å². The van der Waals surface area contributed by atoms with Crippen LogP contribution in [0.15, 0.2) is 91.4 Å². The van der Waals surface area contributed by atoms with Crippen LogP contribution in [0.3, 0.4) is 0 Å². The standard InChI is InChI=1S/C27H24N6O2/c1-3-5-25(34)30-21-11-8-19(9-12-21)26(35)31-22-10-7-18(2)24(16-22)33-27-29-15-13-23(32-27)20-6-4-14-28-17-20/h3-17H,1-2H3,(H,30,34)(H,31,35)(H,29,32,33). The van der Waals surface area contributed by atoms with E-state index in [-0.39, 0.29) is 11.8 Å². The molecule has 8 heteroatoms. The second-order valence-electron chi connectivity index (χ2n) is 7.68. The number of benzene rings is 2. The largest absolute Gasteiger partial charge is 0.324 e. The fourth-order valence-electron chi connectivity index (χ4n) is 3.29. The quantitative estimate of drug-likeness (QED) is 0.318. The summed E-state index contributed by atoms with van der Waals surface area (Å²) < 4.78 is 0. The Morgan fingerprint density at radius 2 is 1.71 bits per heavy atom. The Labute approximate surface area is 203 Å². The van der Waals surface area contributed by atoms with Gasteiger partial charge in [-0.05, 0) is 80.1 Å². The molecule has 0 aliphatic carbocycles. The first-order chi connectivity index (χ1) is 17.0. The third-order valence-electron chi connectivity index (χ3n) is 5.09. The van der Waals surface area contributed by atoms with Crippen molar-refractivity contribution in [2.75, 3.05) is 16.0 Å². The minimum absolute atomic E-state index is 0.223. The van der Waals surface area contributed by atoms with Gasteiger partial charge in [0, 0.05) is 46.8 Å². The molecule has 0 saturated heterocycles. The molecule has 0 fully saturated rings.